The molecule has 0 bridgehead atoms. The molecule has 0 aliphatic carbocycles. The molecule has 0 fully saturated rings. The zero-order valence-electron chi connectivity index (χ0n) is 11.0. The second-order valence-electron chi connectivity index (χ2n) is 4.62. The van der Waals surface area contributed by atoms with E-state index in [9.17, 15) is 0 Å². The number of nitrogens with two attached hydrogens (primary N) is 1. The van der Waals surface area contributed by atoms with Crippen LogP contribution in [0.25, 0.3) is 0 Å². The van der Waals surface area contributed by atoms with Gasteiger partial charge in [0, 0.05) is 14.5 Å². The highest BCUT2D eigenvalue weighted by molar-refractivity contribution is 9.10. The number of halogens is 3. The average molecular weight is 374 g/mol. The van der Waals surface area contributed by atoms with Crippen LogP contribution in [-0.4, -0.2) is 0 Å². The Kier molecular flexibility index (Phi) is 5.47. The number of nitrogens with one attached hydrogen (secondary N) is 1. The van der Waals surface area contributed by atoms with Gasteiger partial charge in [-0.25, -0.2) is 0 Å². The van der Waals surface area contributed by atoms with Crippen LogP contribution < -0.4 is 11.3 Å². The van der Waals surface area contributed by atoms with E-state index in [1.54, 1.807) is 0 Å². The van der Waals surface area contributed by atoms with Crippen molar-refractivity contribution in [2.45, 2.75) is 19.4 Å². The molecule has 0 saturated carbocycles. The molecule has 2 aromatic carbocycles. The number of hydrazine groups is 1. The van der Waals surface area contributed by atoms with Gasteiger partial charge in [-0.1, -0.05) is 51.3 Å². The Morgan fingerprint density at radius 2 is 1.85 bits per heavy atom. The zero-order valence-corrected chi connectivity index (χ0v) is 14.1. The van der Waals surface area contributed by atoms with Gasteiger partial charge in [0.2, 0.25) is 0 Å². The van der Waals surface area contributed by atoms with Gasteiger partial charge in [-0.2, -0.15) is 0 Å². The third-order valence-electron chi connectivity index (χ3n) is 3.28. The molecule has 106 valence electrons. The third kappa shape index (κ3) is 3.54. The number of hydrogen-bond acceptors (Lipinski definition) is 2. The Morgan fingerprint density at radius 3 is 2.40 bits per heavy atom. The molecular weight excluding hydrogens is 359 g/mol. The van der Waals surface area contributed by atoms with E-state index in [4.69, 9.17) is 29.0 Å². The molecule has 0 saturated heterocycles. The van der Waals surface area contributed by atoms with Gasteiger partial charge in [-0.05, 0) is 54.3 Å². The van der Waals surface area contributed by atoms with Crippen LogP contribution in [0.2, 0.25) is 10.0 Å². The summed E-state index contributed by atoms with van der Waals surface area (Å²) in [6.45, 7) is 2.05. The van der Waals surface area contributed by atoms with Crippen LogP contribution in [0.1, 0.15) is 22.7 Å². The first kappa shape index (κ1) is 15.8. The smallest absolute Gasteiger partial charge is 0.0503 e. The average Bonchev–Trinajstić information content (AvgIpc) is 2.40. The lowest BCUT2D eigenvalue weighted by molar-refractivity contribution is 0.549. The predicted molar refractivity (Wildman–Crippen MR) is 89.1 cm³/mol. The number of rotatable bonds is 4. The van der Waals surface area contributed by atoms with Gasteiger partial charge in [0.05, 0.1) is 6.04 Å². The van der Waals surface area contributed by atoms with Crippen LogP contribution in [0.4, 0.5) is 0 Å². The fraction of sp³-hybridized carbons (Fsp3) is 0.200. The summed E-state index contributed by atoms with van der Waals surface area (Å²) in [7, 11) is 0. The molecule has 2 nitrogen and oxygen atoms in total. The summed E-state index contributed by atoms with van der Waals surface area (Å²) in [6, 6.07) is 11.6. The minimum atomic E-state index is -0.0412. The maximum atomic E-state index is 6.22. The van der Waals surface area contributed by atoms with E-state index >= 15 is 0 Å². The standard InChI is InChI=1S/C15H15BrCl2N2/c1-9-7-10(16)5-6-11(9)15(20-19)8-12-13(17)3-2-4-14(12)18/h2-7,15,20H,8,19H2,1H3. The van der Waals surface area contributed by atoms with Crippen molar-refractivity contribution in [2.75, 3.05) is 0 Å². The summed E-state index contributed by atoms with van der Waals surface area (Å²) in [6.07, 6.45) is 0.636. The van der Waals surface area contributed by atoms with Gasteiger partial charge >= 0.3 is 0 Å². The van der Waals surface area contributed by atoms with E-state index in [-0.39, 0.29) is 6.04 Å². The highest BCUT2D eigenvalue weighted by Crippen LogP contribution is 2.30. The Hall–Kier alpha value is -0.580. The van der Waals surface area contributed by atoms with Crippen LogP contribution >= 0.6 is 39.1 Å². The second-order valence-corrected chi connectivity index (χ2v) is 6.35. The Morgan fingerprint density at radius 1 is 1.20 bits per heavy atom. The number of hydrogen-bond donors (Lipinski definition) is 2. The maximum Gasteiger partial charge on any atom is 0.0503 e. The van der Waals surface area contributed by atoms with E-state index in [1.807, 2.05) is 24.3 Å². The largest absolute Gasteiger partial charge is 0.271 e. The molecule has 0 amide bonds. The van der Waals surface area contributed by atoms with E-state index in [0.717, 1.165) is 21.2 Å². The van der Waals surface area contributed by atoms with Crippen molar-refractivity contribution in [3.8, 4) is 0 Å². The second kappa shape index (κ2) is 6.92. The molecule has 0 aliphatic rings. The van der Waals surface area contributed by atoms with Crippen molar-refractivity contribution >= 4 is 39.1 Å². The maximum absolute atomic E-state index is 6.22. The molecule has 0 spiro atoms. The summed E-state index contributed by atoms with van der Waals surface area (Å²) in [4.78, 5) is 0. The van der Waals surface area contributed by atoms with Gasteiger partial charge in [0.25, 0.3) is 0 Å². The summed E-state index contributed by atoms with van der Waals surface area (Å²) in [5.74, 6) is 5.71. The minimum absolute atomic E-state index is 0.0412. The topological polar surface area (TPSA) is 38.0 Å². The highest BCUT2D eigenvalue weighted by atomic mass is 79.9. The van der Waals surface area contributed by atoms with E-state index in [2.05, 4.69) is 40.4 Å². The fourth-order valence-electron chi connectivity index (χ4n) is 2.22. The van der Waals surface area contributed by atoms with Crippen molar-refractivity contribution in [3.63, 3.8) is 0 Å². The lowest BCUT2D eigenvalue weighted by Crippen LogP contribution is -2.30. The monoisotopic (exact) mass is 372 g/mol. The molecule has 2 rings (SSSR count). The van der Waals surface area contributed by atoms with Crippen LogP contribution in [0.15, 0.2) is 40.9 Å². The summed E-state index contributed by atoms with van der Waals surface area (Å²) in [5, 5.41) is 1.32. The number of aryl methyl sites for hydroxylation is 1. The molecule has 0 aromatic heterocycles. The van der Waals surface area contributed by atoms with Crippen molar-refractivity contribution in [1.82, 2.24) is 5.43 Å². The van der Waals surface area contributed by atoms with Crippen LogP contribution in [0.5, 0.6) is 0 Å². The first-order valence-electron chi connectivity index (χ1n) is 6.18. The molecule has 1 atom stereocenters. The summed E-state index contributed by atoms with van der Waals surface area (Å²) < 4.78 is 1.05. The normalized spacial score (nSPS) is 12.4. The first-order chi connectivity index (χ1) is 9.52. The van der Waals surface area contributed by atoms with Crippen molar-refractivity contribution in [2.24, 2.45) is 5.84 Å². The summed E-state index contributed by atoms with van der Waals surface area (Å²) in [5.41, 5.74) is 6.04. The summed E-state index contributed by atoms with van der Waals surface area (Å²) >= 11 is 15.9. The molecule has 0 radical (unpaired) electrons. The number of benzene rings is 2. The van der Waals surface area contributed by atoms with E-state index in [0.29, 0.717) is 16.5 Å². The fourth-order valence-corrected chi connectivity index (χ4v) is 3.25. The van der Waals surface area contributed by atoms with Crippen LogP contribution in [0, 0.1) is 6.92 Å². The zero-order chi connectivity index (χ0) is 14.7. The first-order valence-corrected chi connectivity index (χ1v) is 7.73. The van der Waals surface area contributed by atoms with Gasteiger partial charge < -0.3 is 0 Å². The van der Waals surface area contributed by atoms with Gasteiger partial charge in [0.15, 0.2) is 0 Å². The van der Waals surface area contributed by atoms with Crippen LogP contribution in [-0.2, 0) is 6.42 Å². The van der Waals surface area contributed by atoms with Crippen molar-refractivity contribution in [1.29, 1.82) is 0 Å². The molecule has 3 N–H and O–H groups in total. The van der Waals surface area contributed by atoms with Gasteiger partial charge in [-0.15, -0.1) is 0 Å². The molecule has 2 aromatic rings. The Balaban J connectivity index is 2.34. The molecular formula is C15H15BrCl2N2. The third-order valence-corrected chi connectivity index (χ3v) is 4.48. The SMILES string of the molecule is Cc1cc(Br)ccc1C(Cc1c(Cl)cccc1Cl)NN. The Bertz CT molecular complexity index is 597. The lowest BCUT2D eigenvalue weighted by Gasteiger charge is -2.20. The van der Waals surface area contributed by atoms with Crippen LogP contribution in [0.3, 0.4) is 0 Å². The quantitative estimate of drug-likeness (QED) is 0.596. The predicted octanol–water partition coefficient (Wildman–Crippen LogP) is 4.81. The van der Waals surface area contributed by atoms with Gasteiger partial charge in [0.1, 0.15) is 0 Å². The lowest BCUT2D eigenvalue weighted by atomic mass is 9.96. The molecule has 20 heavy (non-hydrogen) atoms. The molecule has 5 heteroatoms. The molecule has 0 aliphatic heterocycles. The Labute approximate surface area is 137 Å². The minimum Gasteiger partial charge on any atom is -0.271 e. The molecule has 0 heterocycles. The van der Waals surface area contributed by atoms with Crippen molar-refractivity contribution < 1.29 is 0 Å². The van der Waals surface area contributed by atoms with Crippen molar-refractivity contribution in [3.05, 3.63) is 67.6 Å². The van der Waals surface area contributed by atoms with Gasteiger partial charge in [-0.3, -0.25) is 11.3 Å². The molecule has 1 unspecified atom stereocenters. The highest BCUT2D eigenvalue weighted by Gasteiger charge is 2.16. The van der Waals surface area contributed by atoms with E-state index < -0.39 is 0 Å². The van der Waals surface area contributed by atoms with E-state index in [1.165, 1.54) is 0 Å².